The van der Waals surface area contributed by atoms with Crippen molar-refractivity contribution in [2.75, 3.05) is 27.2 Å². The van der Waals surface area contributed by atoms with Gasteiger partial charge in [0.1, 0.15) is 11.5 Å². The summed E-state index contributed by atoms with van der Waals surface area (Å²) in [7, 11) is -1.09. The van der Waals surface area contributed by atoms with Gasteiger partial charge in [0.2, 0.25) is 0 Å². The van der Waals surface area contributed by atoms with Crippen molar-refractivity contribution < 1.29 is 27.5 Å². The number of aromatic nitrogens is 1. The molecule has 2 aromatic carbocycles. The third kappa shape index (κ3) is 5.11. The van der Waals surface area contributed by atoms with E-state index >= 15 is 0 Å². The maximum absolute atomic E-state index is 14.1. The normalized spacial score (nSPS) is 12.2. The monoisotopic (exact) mass is 474 g/mol. The maximum atomic E-state index is 14.1. The van der Waals surface area contributed by atoms with E-state index in [1.54, 1.807) is 24.3 Å². The predicted octanol–water partition coefficient (Wildman–Crippen LogP) is 1.31. The minimum atomic E-state index is -3.87. The van der Waals surface area contributed by atoms with Crippen molar-refractivity contribution in [3.8, 4) is 0 Å². The minimum absolute atomic E-state index is 0.0808. The molecule has 1 aromatic heterocycles. The van der Waals surface area contributed by atoms with E-state index in [4.69, 9.17) is 5.11 Å². The standard InChI is InChI=1S/C22H23FN4O5S/c1-26(2)33(31,32)27-14-15(16-7-4-6-10-20(16)27)13-19(22(30)24-11-12-28)25-21(29)17-8-3-5-9-18(17)23/h3-10,13-14,28H,11-12H2,1-2H3,(H,24,30)(H,25,29)/b19-13-. The first-order valence-electron chi connectivity index (χ1n) is 9.86. The van der Waals surface area contributed by atoms with Crippen LogP contribution in [0.3, 0.4) is 0 Å². The molecule has 3 rings (SSSR count). The molecule has 11 heteroatoms. The summed E-state index contributed by atoms with van der Waals surface area (Å²) in [5, 5.41) is 14.3. The molecule has 0 aliphatic carbocycles. The van der Waals surface area contributed by atoms with Gasteiger partial charge >= 0.3 is 10.2 Å². The molecule has 2 amide bonds. The Morgan fingerprint density at radius 2 is 1.79 bits per heavy atom. The lowest BCUT2D eigenvalue weighted by molar-refractivity contribution is -0.117. The first-order chi connectivity index (χ1) is 15.7. The Morgan fingerprint density at radius 3 is 2.45 bits per heavy atom. The Bertz CT molecular complexity index is 1330. The molecule has 0 saturated carbocycles. The van der Waals surface area contributed by atoms with Gasteiger partial charge in [-0.25, -0.2) is 8.36 Å². The number of amides is 2. The fraction of sp³-hybridized carbons (Fsp3) is 0.182. The fourth-order valence-electron chi connectivity index (χ4n) is 3.07. The molecule has 3 N–H and O–H groups in total. The van der Waals surface area contributed by atoms with Gasteiger partial charge in [-0.15, -0.1) is 0 Å². The molecule has 0 aliphatic heterocycles. The summed E-state index contributed by atoms with van der Waals surface area (Å²) in [6.07, 6.45) is 2.63. The van der Waals surface area contributed by atoms with Crippen LogP contribution in [0.15, 0.2) is 60.4 Å². The molecule has 33 heavy (non-hydrogen) atoms. The summed E-state index contributed by atoms with van der Waals surface area (Å²) in [4.78, 5) is 25.3. The number of hydrogen-bond donors (Lipinski definition) is 3. The van der Waals surface area contributed by atoms with Crippen LogP contribution in [0.2, 0.25) is 0 Å². The van der Waals surface area contributed by atoms with Crippen molar-refractivity contribution >= 4 is 39.0 Å². The number of halogens is 1. The number of carbonyl (C=O) groups excluding carboxylic acids is 2. The van der Waals surface area contributed by atoms with Crippen molar-refractivity contribution in [2.24, 2.45) is 0 Å². The fourth-order valence-corrected chi connectivity index (χ4v) is 4.08. The molecule has 174 valence electrons. The molecule has 0 aliphatic rings. The first kappa shape index (κ1) is 24.1. The van der Waals surface area contributed by atoms with Gasteiger partial charge in [0.05, 0.1) is 17.7 Å². The highest BCUT2D eigenvalue weighted by Gasteiger charge is 2.22. The highest BCUT2D eigenvalue weighted by Crippen LogP contribution is 2.25. The third-order valence-corrected chi connectivity index (χ3v) is 6.45. The van der Waals surface area contributed by atoms with Crippen molar-refractivity contribution in [1.82, 2.24) is 18.9 Å². The Kier molecular flexibility index (Phi) is 7.26. The second-order valence-corrected chi connectivity index (χ2v) is 9.18. The Labute approximate surface area is 190 Å². The topological polar surface area (TPSA) is 121 Å². The minimum Gasteiger partial charge on any atom is -0.395 e. The quantitative estimate of drug-likeness (QED) is 0.425. The van der Waals surface area contributed by atoms with E-state index in [0.717, 1.165) is 14.3 Å². The number of nitrogens with one attached hydrogen (secondary N) is 2. The van der Waals surface area contributed by atoms with Crippen LogP contribution >= 0.6 is 0 Å². The van der Waals surface area contributed by atoms with Gasteiger partial charge in [-0.05, 0) is 24.3 Å². The number of para-hydroxylation sites is 1. The molecule has 1 heterocycles. The zero-order valence-electron chi connectivity index (χ0n) is 17.9. The predicted molar refractivity (Wildman–Crippen MR) is 122 cm³/mol. The van der Waals surface area contributed by atoms with Gasteiger partial charge in [0.25, 0.3) is 11.8 Å². The van der Waals surface area contributed by atoms with E-state index in [1.165, 1.54) is 44.6 Å². The van der Waals surface area contributed by atoms with Gasteiger partial charge < -0.3 is 15.7 Å². The molecule has 0 radical (unpaired) electrons. The van der Waals surface area contributed by atoms with Crippen LogP contribution in [0.5, 0.6) is 0 Å². The van der Waals surface area contributed by atoms with Gasteiger partial charge in [-0.1, -0.05) is 30.3 Å². The lowest BCUT2D eigenvalue weighted by Crippen LogP contribution is -2.36. The summed E-state index contributed by atoms with van der Waals surface area (Å²) in [6, 6.07) is 11.9. The second-order valence-electron chi connectivity index (χ2n) is 7.16. The highest BCUT2D eigenvalue weighted by atomic mass is 32.2. The number of carbonyl (C=O) groups is 2. The number of hydrogen-bond acceptors (Lipinski definition) is 5. The summed E-state index contributed by atoms with van der Waals surface area (Å²) in [5.41, 5.74) is 0.185. The molecule has 0 saturated heterocycles. The van der Waals surface area contributed by atoms with E-state index in [0.29, 0.717) is 16.5 Å². The average molecular weight is 475 g/mol. The lowest BCUT2D eigenvalue weighted by atomic mass is 10.1. The number of aliphatic hydroxyl groups excluding tert-OH is 1. The zero-order valence-corrected chi connectivity index (χ0v) is 18.8. The van der Waals surface area contributed by atoms with Crippen LogP contribution in [-0.4, -0.2) is 60.9 Å². The lowest BCUT2D eigenvalue weighted by Gasteiger charge is -2.13. The summed E-state index contributed by atoms with van der Waals surface area (Å²) in [6.45, 7) is -0.414. The van der Waals surface area contributed by atoms with Gasteiger partial charge in [0.15, 0.2) is 0 Å². The van der Waals surface area contributed by atoms with Gasteiger partial charge in [-0.2, -0.15) is 12.7 Å². The average Bonchev–Trinajstić information content (AvgIpc) is 3.16. The number of aliphatic hydroxyl groups is 1. The van der Waals surface area contributed by atoms with E-state index in [9.17, 15) is 22.4 Å². The zero-order chi connectivity index (χ0) is 24.2. The summed E-state index contributed by atoms with van der Waals surface area (Å²) in [5.74, 6) is -2.36. The molecule has 0 atom stereocenters. The molecule has 0 unspecified atom stereocenters. The number of nitrogens with zero attached hydrogens (tertiary/aromatic N) is 2. The van der Waals surface area contributed by atoms with Crippen molar-refractivity contribution in [3.05, 3.63) is 77.4 Å². The second kappa shape index (κ2) is 9.94. The SMILES string of the molecule is CN(C)S(=O)(=O)n1cc(/C=C(\NC(=O)c2ccccc2F)C(=O)NCCO)c2ccccc21. The van der Waals surface area contributed by atoms with Crippen LogP contribution in [0.4, 0.5) is 4.39 Å². The molecule has 0 bridgehead atoms. The van der Waals surface area contributed by atoms with Crippen LogP contribution < -0.4 is 10.6 Å². The number of fused-ring (bicyclic) bond motifs is 1. The summed E-state index contributed by atoms with van der Waals surface area (Å²) < 4.78 is 41.7. The molecular formula is C22H23FN4O5S. The number of rotatable bonds is 8. The van der Waals surface area contributed by atoms with Crippen molar-refractivity contribution in [3.63, 3.8) is 0 Å². The van der Waals surface area contributed by atoms with Crippen LogP contribution in [0, 0.1) is 5.82 Å². The van der Waals surface area contributed by atoms with Crippen molar-refractivity contribution in [2.45, 2.75) is 0 Å². The largest absolute Gasteiger partial charge is 0.395 e. The first-order valence-corrected chi connectivity index (χ1v) is 11.3. The molecular weight excluding hydrogens is 451 g/mol. The summed E-state index contributed by atoms with van der Waals surface area (Å²) >= 11 is 0. The van der Waals surface area contributed by atoms with Crippen LogP contribution in [0.25, 0.3) is 17.0 Å². The van der Waals surface area contributed by atoms with Crippen molar-refractivity contribution in [1.29, 1.82) is 0 Å². The molecule has 9 nitrogen and oxygen atoms in total. The molecule has 3 aromatic rings. The Balaban J connectivity index is 2.12. The number of benzene rings is 2. The Morgan fingerprint density at radius 1 is 1.12 bits per heavy atom. The van der Waals surface area contributed by atoms with E-state index in [-0.39, 0.29) is 24.4 Å². The highest BCUT2D eigenvalue weighted by molar-refractivity contribution is 7.87. The maximum Gasteiger partial charge on any atom is 0.307 e. The van der Waals surface area contributed by atoms with Crippen LogP contribution in [0.1, 0.15) is 15.9 Å². The van der Waals surface area contributed by atoms with Gasteiger partial charge in [-0.3, -0.25) is 9.59 Å². The van der Waals surface area contributed by atoms with E-state index in [2.05, 4.69) is 10.6 Å². The third-order valence-electron chi connectivity index (χ3n) is 4.73. The van der Waals surface area contributed by atoms with E-state index in [1.807, 2.05) is 0 Å². The van der Waals surface area contributed by atoms with Gasteiger partial charge in [0, 0.05) is 37.8 Å². The molecule has 0 fully saturated rings. The smallest absolute Gasteiger partial charge is 0.307 e. The van der Waals surface area contributed by atoms with Crippen LogP contribution in [-0.2, 0) is 15.0 Å². The Hall–Kier alpha value is -3.54. The molecule has 0 spiro atoms. The van der Waals surface area contributed by atoms with E-state index < -0.39 is 27.8 Å².